The predicted molar refractivity (Wildman–Crippen MR) is 73.7 cm³/mol. The monoisotopic (exact) mass is 266 g/mol. The van der Waals surface area contributed by atoms with Crippen LogP contribution in [-0.2, 0) is 0 Å². The van der Waals surface area contributed by atoms with Crippen molar-refractivity contribution in [1.29, 1.82) is 0 Å². The van der Waals surface area contributed by atoms with Gasteiger partial charge in [0.15, 0.2) is 0 Å². The first-order chi connectivity index (χ1) is 9.11. The lowest BCUT2D eigenvalue weighted by atomic mass is 9.89. The van der Waals surface area contributed by atoms with Crippen LogP contribution < -0.4 is 25.7 Å². The number of ether oxygens (including phenoxy) is 3. The third kappa shape index (κ3) is 2.35. The molecule has 0 heterocycles. The average Bonchev–Trinajstić information content (AvgIpc) is 3.25. The summed E-state index contributed by atoms with van der Waals surface area (Å²) in [6.07, 6.45) is 2.09. The van der Waals surface area contributed by atoms with E-state index in [0.29, 0.717) is 23.8 Å². The average molecular weight is 266 g/mol. The summed E-state index contributed by atoms with van der Waals surface area (Å²) in [6.45, 7) is 0.576. The molecule has 0 radical (unpaired) electrons. The predicted octanol–water partition coefficient (Wildman–Crippen LogP) is 1.45. The highest BCUT2D eigenvalue weighted by Gasteiger charge is 2.48. The van der Waals surface area contributed by atoms with E-state index >= 15 is 0 Å². The number of benzene rings is 1. The fraction of sp³-hybridized carbons (Fsp3) is 0.571. The summed E-state index contributed by atoms with van der Waals surface area (Å²) in [7, 11) is 4.84. The summed E-state index contributed by atoms with van der Waals surface area (Å²) >= 11 is 0. The molecule has 1 fully saturated rings. The molecule has 1 aromatic rings. The summed E-state index contributed by atoms with van der Waals surface area (Å²) in [5.74, 6) is 2.05. The van der Waals surface area contributed by atoms with Crippen LogP contribution in [0.25, 0.3) is 0 Å². The van der Waals surface area contributed by atoms with E-state index in [4.69, 9.17) is 25.7 Å². The van der Waals surface area contributed by atoms with Crippen LogP contribution in [0.5, 0.6) is 17.2 Å². The smallest absolute Gasteiger partial charge is 0.131 e. The van der Waals surface area contributed by atoms with Crippen LogP contribution in [0.1, 0.15) is 24.4 Å². The molecule has 0 aromatic heterocycles. The fourth-order valence-electron chi connectivity index (χ4n) is 2.45. The normalized spacial score (nSPS) is 17.7. The van der Waals surface area contributed by atoms with Crippen molar-refractivity contribution in [3.05, 3.63) is 17.7 Å². The quantitative estimate of drug-likeness (QED) is 0.814. The minimum Gasteiger partial charge on any atom is -0.496 e. The van der Waals surface area contributed by atoms with Gasteiger partial charge >= 0.3 is 0 Å². The Morgan fingerprint density at radius 1 is 1.11 bits per heavy atom. The molecule has 2 rings (SSSR count). The van der Waals surface area contributed by atoms with E-state index in [1.165, 1.54) is 0 Å². The first-order valence-corrected chi connectivity index (χ1v) is 6.37. The topological polar surface area (TPSA) is 79.7 Å². The molecule has 1 unspecified atom stereocenters. The molecule has 0 bridgehead atoms. The summed E-state index contributed by atoms with van der Waals surface area (Å²) < 4.78 is 16.1. The molecule has 1 aliphatic rings. The van der Waals surface area contributed by atoms with Gasteiger partial charge in [-0.25, -0.2) is 0 Å². The Morgan fingerprint density at radius 2 is 1.63 bits per heavy atom. The zero-order chi connectivity index (χ0) is 14.0. The largest absolute Gasteiger partial charge is 0.496 e. The first kappa shape index (κ1) is 14.0. The van der Waals surface area contributed by atoms with Gasteiger partial charge in [-0.05, 0) is 19.4 Å². The van der Waals surface area contributed by atoms with Gasteiger partial charge < -0.3 is 25.7 Å². The number of hydrogen-bond acceptors (Lipinski definition) is 5. The molecule has 0 aliphatic heterocycles. The van der Waals surface area contributed by atoms with Crippen LogP contribution in [0.2, 0.25) is 0 Å². The van der Waals surface area contributed by atoms with Crippen molar-refractivity contribution in [2.75, 3.05) is 27.9 Å². The second kappa shape index (κ2) is 5.27. The summed E-state index contributed by atoms with van der Waals surface area (Å²) in [5, 5.41) is 0. The third-order valence-corrected chi connectivity index (χ3v) is 4.02. The van der Waals surface area contributed by atoms with Crippen LogP contribution >= 0.6 is 0 Å². The minimum atomic E-state index is -0.187. The number of hydrogen-bond donors (Lipinski definition) is 2. The second-order valence-corrected chi connectivity index (χ2v) is 4.99. The Hall–Kier alpha value is -1.46. The van der Waals surface area contributed by atoms with Gasteiger partial charge in [0.25, 0.3) is 0 Å². The molecule has 5 heteroatoms. The van der Waals surface area contributed by atoms with E-state index in [1.54, 1.807) is 21.3 Å². The number of rotatable bonds is 6. The zero-order valence-corrected chi connectivity index (χ0v) is 11.7. The van der Waals surface area contributed by atoms with Crippen molar-refractivity contribution in [2.45, 2.75) is 18.9 Å². The SMILES string of the molecule is COc1cc(OC)c(C(N)C2(CN)CC2)c(OC)c1. The molecule has 4 N–H and O–H groups in total. The fourth-order valence-corrected chi connectivity index (χ4v) is 2.45. The molecule has 0 saturated heterocycles. The summed E-state index contributed by atoms with van der Waals surface area (Å²) in [4.78, 5) is 0. The number of methoxy groups -OCH3 is 3. The van der Waals surface area contributed by atoms with Crippen LogP contribution in [0.4, 0.5) is 0 Å². The lowest BCUT2D eigenvalue weighted by molar-refractivity contribution is 0.341. The molecular formula is C14H22N2O3. The van der Waals surface area contributed by atoms with E-state index in [0.717, 1.165) is 18.4 Å². The standard InChI is InChI=1S/C14H22N2O3/c1-17-9-6-10(18-2)12(11(7-9)19-3)13(16)14(8-15)4-5-14/h6-7,13H,4-5,8,15-16H2,1-3H3. The Labute approximate surface area is 113 Å². The van der Waals surface area contributed by atoms with Gasteiger partial charge in [0.2, 0.25) is 0 Å². The highest BCUT2D eigenvalue weighted by Crippen LogP contribution is 2.56. The molecule has 5 nitrogen and oxygen atoms in total. The van der Waals surface area contributed by atoms with Gasteiger partial charge in [-0.3, -0.25) is 0 Å². The molecule has 0 amide bonds. The van der Waals surface area contributed by atoms with Crippen LogP contribution in [0.3, 0.4) is 0 Å². The van der Waals surface area contributed by atoms with Gasteiger partial charge in [0.1, 0.15) is 17.2 Å². The van der Waals surface area contributed by atoms with Gasteiger partial charge in [0.05, 0.1) is 26.9 Å². The van der Waals surface area contributed by atoms with E-state index in [2.05, 4.69) is 0 Å². The molecule has 1 aromatic carbocycles. The van der Waals surface area contributed by atoms with E-state index in [9.17, 15) is 0 Å². The lowest BCUT2D eigenvalue weighted by Crippen LogP contribution is -2.30. The number of nitrogens with two attached hydrogens (primary N) is 2. The van der Waals surface area contributed by atoms with Crippen molar-refractivity contribution >= 4 is 0 Å². The maximum absolute atomic E-state index is 6.41. The van der Waals surface area contributed by atoms with E-state index in [1.807, 2.05) is 12.1 Å². The Morgan fingerprint density at radius 3 is 1.95 bits per heavy atom. The van der Waals surface area contributed by atoms with E-state index < -0.39 is 0 Å². The molecule has 1 atom stereocenters. The highest BCUT2D eigenvalue weighted by atomic mass is 16.5. The van der Waals surface area contributed by atoms with Gasteiger partial charge in [0, 0.05) is 23.6 Å². The molecule has 1 saturated carbocycles. The van der Waals surface area contributed by atoms with Gasteiger partial charge in [-0.1, -0.05) is 0 Å². The van der Waals surface area contributed by atoms with Crippen LogP contribution in [0.15, 0.2) is 12.1 Å². The second-order valence-electron chi connectivity index (χ2n) is 4.99. The Balaban J connectivity index is 2.48. The molecule has 19 heavy (non-hydrogen) atoms. The van der Waals surface area contributed by atoms with Crippen molar-refractivity contribution in [3.8, 4) is 17.2 Å². The molecule has 0 spiro atoms. The summed E-state index contributed by atoms with van der Waals surface area (Å²) in [6, 6.07) is 3.46. The Bertz CT molecular complexity index is 433. The maximum atomic E-state index is 6.41. The molecule has 106 valence electrons. The van der Waals surface area contributed by atoms with Crippen molar-refractivity contribution < 1.29 is 14.2 Å². The van der Waals surface area contributed by atoms with Crippen molar-refractivity contribution in [1.82, 2.24) is 0 Å². The van der Waals surface area contributed by atoms with Crippen LogP contribution in [-0.4, -0.2) is 27.9 Å². The maximum Gasteiger partial charge on any atom is 0.131 e. The summed E-state index contributed by atoms with van der Waals surface area (Å²) in [5.41, 5.74) is 13.1. The lowest BCUT2D eigenvalue weighted by Gasteiger charge is -2.26. The van der Waals surface area contributed by atoms with Gasteiger partial charge in [-0.2, -0.15) is 0 Å². The molecule has 1 aliphatic carbocycles. The van der Waals surface area contributed by atoms with Crippen molar-refractivity contribution in [3.63, 3.8) is 0 Å². The van der Waals surface area contributed by atoms with E-state index in [-0.39, 0.29) is 11.5 Å². The third-order valence-electron chi connectivity index (χ3n) is 4.02. The van der Waals surface area contributed by atoms with Crippen molar-refractivity contribution in [2.24, 2.45) is 16.9 Å². The highest BCUT2D eigenvalue weighted by molar-refractivity contribution is 5.53. The molecular weight excluding hydrogens is 244 g/mol. The van der Waals surface area contributed by atoms with Crippen LogP contribution in [0, 0.1) is 5.41 Å². The zero-order valence-electron chi connectivity index (χ0n) is 11.7. The van der Waals surface area contributed by atoms with Gasteiger partial charge in [-0.15, -0.1) is 0 Å². The Kier molecular flexibility index (Phi) is 3.87. The minimum absolute atomic E-state index is 0.0187. The first-order valence-electron chi connectivity index (χ1n) is 6.37.